The van der Waals surface area contributed by atoms with Crippen LogP contribution in [0.5, 0.6) is 0 Å². The highest BCUT2D eigenvalue weighted by atomic mass is 16.7. The van der Waals surface area contributed by atoms with Crippen LogP contribution < -0.4 is 5.46 Å². The fourth-order valence-electron chi connectivity index (χ4n) is 2.25. The van der Waals surface area contributed by atoms with E-state index in [1.807, 2.05) is 34.6 Å². The smallest absolute Gasteiger partial charge is 0.399 e. The minimum absolute atomic E-state index is 0.0949. The van der Waals surface area contributed by atoms with Gasteiger partial charge in [-0.15, -0.1) is 0 Å². The number of aromatic nitrogens is 1. The van der Waals surface area contributed by atoms with E-state index in [1.54, 1.807) is 12.4 Å². The summed E-state index contributed by atoms with van der Waals surface area (Å²) in [5.41, 5.74) is 2.31. The third kappa shape index (κ3) is 2.55. The maximum Gasteiger partial charge on any atom is 0.495 e. The largest absolute Gasteiger partial charge is 0.495 e. The van der Waals surface area contributed by atoms with E-state index in [9.17, 15) is 5.11 Å². The predicted molar refractivity (Wildman–Crippen MR) is 75.5 cm³/mol. The van der Waals surface area contributed by atoms with Crippen molar-refractivity contribution in [2.24, 2.45) is 0 Å². The molecule has 0 aliphatic carbocycles. The summed E-state index contributed by atoms with van der Waals surface area (Å²) < 4.78 is 12.2. The molecule has 0 spiro atoms. The highest BCUT2D eigenvalue weighted by Gasteiger charge is 2.52. The van der Waals surface area contributed by atoms with E-state index in [0.29, 0.717) is 6.42 Å². The number of aryl methyl sites for hydroxylation is 1. The van der Waals surface area contributed by atoms with Gasteiger partial charge in [-0.3, -0.25) is 4.98 Å². The van der Waals surface area contributed by atoms with Crippen molar-refractivity contribution in [2.75, 3.05) is 6.61 Å². The van der Waals surface area contributed by atoms with Crippen LogP contribution in [0, 0.1) is 6.92 Å². The summed E-state index contributed by atoms with van der Waals surface area (Å²) in [4.78, 5) is 4.19. The molecule has 0 amide bonds. The highest BCUT2D eigenvalue weighted by Crippen LogP contribution is 2.36. The third-order valence-electron chi connectivity index (χ3n) is 4.14. The third-order valence-corrected chi connectivity index (χ3v) is 4.14. The zero-order valence-corrected chi connectivity index (χ0v) is 12.4. The molecule has 1 aromatic rings. The van der Waals surface area contributed by atoms with Crippen LogP contribution in [0.15, 0.2) is 12.4 Å². The van der Waals surface area contributed by atoms with Crippen LogP contribution in [0.1, 0.15) is 38.8 Å². The minimum Gasteiger partial charge on any atom is -0.399 e. The Bertz CT molecular complexity index is 458. The average Bonchev–Trinajstić information content (AvgIpc) is 2.48. The monoisotopic (exact) mass is 263 g/mol. The van der Waals surface area contributed by atoms with Crippen LogP contribution >= 0.6 is 0 Å². The van der Waals surface area contributed by atoms with Crippen molar-refractivity contribution in [2.45, 2.75) is 52.2 Å². The van der Waals surface area contributed by atoms with E-state index >= 15 is 0 Å². The maximum atomic E-state index is 9.17. The van der Waals surface area contributed by atoms with E-state index < -0.39 is 7.12 Å². The van der Waals surface area contributed by atoms with Gasteiger partial charge in [-0.1, -0.05) is 0 Å². The highest BCUT2D eigenvalue weighted by molar-refractivity contribution is 6.63. The van der Waals surface area contributed by atoms with Crippen LogP contribution in [0.3, 0.4) is 0 Å². The lowest BCUT2D eigenvalue weighted by molar-refractivity contribution is 0.00578. The molecule has 1 aliphatic rings. The van der Waals surface area contributed by atoms with Gasteiger partial charge in [-0.25, -0.2) is 0 Å². The van der Waals surface area contributed by atoms with Crippen molar-refractivity contribution < 1.29 is 14.4 Å². The summed E-state index contributed by atoms with van der Waals surface area (Å²) in [5, 5.41) is 9.17. The summed E-state index contributed by atoms with van der Waals surface area (Å²) in [7, 11) is -0.394. The Labute approximate surface area is 115 Å². The molecule has 104 valence electrons. The Morgan fingerprint density at radius 1 is 1.16 bits per heavy atom. The van der Waals surface area contributed by atoms with Gasteiger partial charge in [0.2, 0.25) is 0 Å². The molecular weight excluding hydrogens is 241 g/mol. The summed E-state index contributed by atoms with van der Waals surface area (Å²) in [6.07, 6.45) is 4.15. The Morgan fingerprint density at radius 3 is 2.26 bits per heavy atom. The zero-order valence-electron chi connectivity index (χ0n) is 12.4. The maximum absolute atomic E-state index is 9.17. The van der Waals surface area contributed by atoms with E-state index in [0.717, 1.165) is 16.6 Å². The number of hydrogen-bond acceptors (Lipinski definition) is 4. The lowest BCUT2D eigenvalue weighted by Gasteiger charge is -2.32. The molecule has 1 fully saturated rings. The first-order valence-electron chi connectivity index (χ1n) is 6.68. The van der Waals surface area contributed by atoms with Crippen LogP contribution in [0.25, 0.3) is 0 Å². The second-order valence-corrected chi connectivity index (χ2v) is 6.09. The molecule has 0 radical (unpaired) electrons. The molecule has 0 saturated carbocycles. The molecule has 0 bridgehead atoms. The van der Waals surface area contributed by atoms with E-state index in [2.05, 4.69) is 4.98 Å². The van der Waals surface area contributed by atoms with E-state index in [1.165, 1.54) is 0 Å². The fourth-order valence-corrected chi connectivity index (χ4v) is 2.25. The summed E-state index contributed by atoms with van der Waals surface area (Å²) >= 11 is 0. The second kappa shape index (κ2) is 4.89. The van der Waals surface area contributed by atoms with Crippen LogP contribution in [0.4, 0.5) is 0 Å². The summed E-state index contributed by atoms with van der Waals surface area (Å²) in [6, 6.07) is 0. The first-order valence-corrected chi connectivity index (χ1v) is 6.68. The van der Waals surface area contributed by atoms with Gasteiger partial charge in [0, 0.05) is 19.0 Å². The Hall–Kier alpha value is -0.905. The lowest BCUT2D eigenvalue weighted by Crippen LogP contribution is -2.41. The predicted octanol–water partition coefficient (Wildman–Crippen LogP) is 1.22. The second-order valence-electron chi connectivity index (χ2n) is 6.09. The van der Waals surface area contributed by atoms with Gasteiger partial charge in [0.05, 0.1) is 11.2 Å². The van der Waals surface area contributed by atoms with Crippen LogP contribution in [-0.4, -0.2) is 35.0 Å². The molecule has 2 heterocycles. The van der Waals surface area contributed by atoms with Crippen LogP contribution in [-0.2, 0) is 15.7 Å². The van der Waals surface area contributed by atoms with Gasteiger partial charge in [0.25, 0.3) is 0 Å². The Balaban J connectivity index is 2.39. The molecule has 5 heteroatoms. The van der Waals surface area contributed by atoms with Crippen molar-refractivity contribution >= 4 is 12.6 Å². The first-order chi connectivity index (χ1) is 8.78. The Kier molecular flexibility index (Phi) is 3.73. The zero-order chi connectivity index (χ0) is 14.3. The minimum atomic E-state index is -0.394. The molecule has 1 aliphatic heterocycles. The lowest BCUT2D eigenvalue weighted by atomic mass is 9.73. The SMILES string of the molecule is Cc1cncc(CCO)c1B1OC(C)(C)C(C)(C)O1. The number of rotatable bonds is 3. The first kappa shape index (κ1) is 14.5. The van der Waals surface area contributed by atoms with Gasteiger partial charge in [-0.2, -0.15) is 0 Å². The molecule has 0 aromatic carbocycles. The molecule has 4 nitrogen and oxygen atoms in total. The molecule has 0 atom stereocenters. The van der Waals surface area contributed by atoms with E-state index in [4.69, 9.17) is 9.31 Å². The molecule has 2 rings (SSSR count). The van der Waals surface area contributed by atoms with Gasteiger partial charge in [-0.05, 0) is 57.6 Å². The van der Waals surface area contributed by atoms with Gasteiger partial charge < -0.3 is 14.4 Å². The number of aliphatic hydroxyl groups is 1. The molecule has 19 heavy (non-hydrogen) atoms. The Morgan fingerprint density at radius 2 is 1.74 bits per heavy atom. The molecule has 1 N–H and O–H groups in total. The van der Waals surface area contributed by atoms with Gasteiger partial charge >= 0.3 is 7.12 Å². The van der Waals surface area contributed by atoms with Gasteiger partial charge in [0.15, 0.2) is 0 Å². The fraction of sp³-hybridized carbons (Fsp3) is 0.643. The van der Waals surface area contributed by atoms with Crippen molar-refractivity contribution in [3.05, 3.63) is 23.5 Å². The van der Waals surface area contributed by atoms with Crippen molar-refractivity contribution in [3.8, 4) is 0 Å². The van der Waals surface area contributed by atoms with Crippen LogP contribution in [0.2, 0.25) is 0 Å². The number of nitrogens with zero attached hydrogens (tertiary/aromatic N) is 1. The van der Waals surface area contributed by atoms with Crippen molar-refractivity contribution in [3.63, 3.8) is 0 Å². The number of aliphatic hydroxyl groups excluding tert-OH is 1. The van der Waals surface area contributed by atoms with Crippen molar-refractivity contribution in [1.29, 1.82) is 0 Å². The van der Waals surface area contributed by atoms with E-state index in [-0.39, 0.29) is 17.8 Å². The standard InChI is InChI=1S/C14H22BNO3/c1-10-8-16-9-11(6-7-17)12(10)15-18-13(2,3)14(4,5)19-15/h8-9,17H,6-7H2,1-5H3. The topological polar surface area (TPSA) is 51.6 Å². The normalized spacial score (nSPS) is 20.8. The molecule has 1 aromatic heterocycles. The van der Waals surface area contributed by atoms with Crippen molar-refractivity contribution in [1.82, 2.24) is 4.98 Å². The molecule has 0 unspecified atom stereocenters. The molecule has 1 saturated heterocycles. The average molecular weight is 263 g/mol. The quantitative estimate of drug-likeness (QED) is 0.833. The summed E-state index contributed by atoms with van der Waals surface area (Å²) in [5.74, 6) is 0. The number of hydrogen-bond donors (Lipinski definition) is 1. The number of pyridine rings is 1. The summed E-state index contributed by atoms with van der Waals surface area (Å²) in [6.45, 7) is 10.2. The van der Waals surface area contributed by atoms with Gasteiger partial charge in [0.1, 0.15) is 0 Å². The molecular formula is C14H22BNO3.